The Morgan fingerprint density at radius 3 is 2.92 bits per heavy atom. The zero-order valence-corrected chi connectivity index (χ0v) is 15.6. The molecule has 0 aliphatic carbocycles. The number of benzene rings is 1. The fourth-order valence-corrected chi connectivity index (χ4v) is 3.66. The van der Waals surface area contributed by atoms with Gasteiger partial charge in [0.2, 0.25) is 0 Å². The van der Waals surface area contributed by atoms with Crippen molar-refractivity contribution < 1.29 is 13.9 Å². The van der Waals surface area contributed by atoms with Crippen LogP contribution in [-0.4, -0.2) is 22.8 Å². The Morgan fingerprint density at radius 2 is 2.19 bits per heavy atom. The van der Waals surface area contributed by atoms with Crippen LogP contribution in [0.2, 0.25) is 0 Å². The van der Waals surface area contributed by atoms with E-state index >= 15 is 0 Å². The molecule has 0 radical (unpaired) electrons. The highest BCUT2D eigenvalue weighted by molar-refractivity contribution is 7.14. The van der Waals surface area contributed by atoms with Gasteiger partial charge in [0.05, 0.1) is 29.4 Å². The van der Waals surface area contributed by atoms with Crippen LogP contribution in [0.15, 0.2) is 42.6 Å². The Bertz CT molecular complexity index is 919. The first-order chi connectivity index (χ1) is 12.5. The Balaban J connectivity index is 1.75. The van der Waals surface area contributed by atoms with Crippen molar-refractivity contribution in [1.29, 1.82) is 0 Å². The Labute approximate surface area is 155 Å². The van der Waals surface area contributed by atoms with E-state index in [4.69, 9.17) is 4.74 Å². The van der Waals surface area contributed by atoms with E-state index in [1.54, 1.807) is 36.2 Å². The number of hydrogen-bond donors (Lipinski definition) is 1. The van der Waals surface area contributed by atoms with Crippen LogP contribution >= 0.6 is 11.3 Å². The van der Waals surface area contributed by atoms with Crippen molar-refractivity contribution in [3.05, 3.63) is 69.4 Å². The van der Waals surface area contributed by atoms with Crippen molar-refractivity contribution in [2.24, 2.45) is 0 Å². The summed E-state index contributed by atoms with van der Waals surface area (Å²) in [6.45, 7) is 4.30. The van der Waals surface area contributed by atoms with Gasteiger partial charge in [0, 0.05) is 23.2 Å². The first-order valence-corrected chi connectivity index (χ1v) is 9.00. The Morgan fingerprint density at radius 1 is 1.38 bits per heavy atom. The molecular weight excluding hydrogens is 353 g/mol. The van der Waals surface area contributed by atoms with Crippen molar-refractivity contribution in [2.75, 3.05) is 7.11 Å². The highest BCUT2D eigenvalue weighted by atomic mass is 32.1. The first kappa shape index (κ1) is 18.3. The molecule has 1 atom stereocenters. The zero-order chi connectivity index (χ0) is 18.7. The Kier molecular flexibility index (Phi) is 5.49. The van der Waals surface area contributed by atoms with Gasteiger partial charge in [-0.2, -0.15) is 5.10 Å². The molecule has 0 aliphatic heterocycles. The van der Waals surface area contributed by atoms with Crippen LogP contribution < -0.4 is 5.32 Å². The number of ether oxygens (including phenoxy) is 1. The number of methoxy groups -OCH3 is 1. The van der Waals surface area contributed by atoms with Crippen LogP contribution in [-0.2, 0) is 11.3 Å². The van der Waals surface area contributed by atoms with Crippen LogP contribution in [0.1, 0.15) is 38.8 Å². The van der Waals surface area contributed by atoms with E-state index < -0.39 is 0 Å². The summed E-state index contributed by atoms with van der Waals surface area (Å²) in [6, 6.07) is 9.72. The van der Waals surface area contributed by atoms with Gasteiger partial charge in [0.1, 0.15) is 5.82 Å². The summed E-state index contributed by atoms with van der Waals surface area (Å²) in [5.41, 5.74) is 2.39. The molecule has 0 unspecified atom stereocenters. The number of carbonyl (C=O) groups excluding carboxylic acids is 1. The van der Waals surface area contributed by atoms with Gasteiger partial charge in [-0.3, -0.25) is 4.79 Å². The lowest BCUT2D eigenvalue weighted by Crippen LogP contribution is -2.26. The summed E-state index contributed by atoms with van der Waals surface area (Å²) in [4.78, 5) is 14.1. The highest BCUT2D eigenvalue weighted by Gasteiger charge is 2.18. The van der Waals surface area contributed by atoms with Gasteiger partial charge >= 0.3 is 0 Å². The molecule has 0 fully saturated rings. The lowest BCUT2D eigenvalue weighted by atomic mass is 10.1. The van der Waals surface area contributed by atoms with Crippen LogP contribution in [0, 0.1) is 12.7 Å². The minimum atomic E-state index is -0.315. The summed E-state index contributed by atoms with van der Waals surface area (Å²) >= 11 is 1.41. The number of aromatic nitrogens is 2. The smallest absolute Gasteiger partial charge is 0.261 e. The normalized spacial score (nSPS) is 12.2. The average Bonchev–Trinajstić information content (AvgIpc) is 3.22. The predicted molar refractivity (Wildman–Crippen MR) is 99.2 cm³/mol. The van der Waals surface area contributed by atoms with Gasteiger partial charge < -0.3 is 10.1 Å². The number of carbonyl (C=O) groups is 1. The largest absolute Gasteiger partial charge is 0.379 e. The lowest BCUT2D eigenvalue weighted by molar-refractivity contribution is 0.0944. The second kappa shape index (κ2) is 7.80. The molecule has 1 aromatic carbocycles. The number of halogens is 1. The Hall–Kier alpha value is -2.51. The SMILES string of the molecule is COCc1ccc(C(=O)N[C@H](C)c2cnn(-c3cccc(F)c3)c2C)s1. The quantitative estimate of drug-likeness (QED) is 0.710. The molecule has 0 saturated carbocycles. The van der Waals surface area contributed by atoms with Crippen molar-refractivity contribution in [3.63, 3.8) is 0 Å². The molecule has 1 N–H and O–H groups in total. The molecule has 2 aromatic heterocycles. The number of thiophene rings is 1. The minimum Gasteiger partial charge on any atom is -0.379 e. The summed E-state index contributed by atoms with van der Waals surface area (Å²) in [5.74, 6) is -0.451. The van der Waals surface area contributed by atoms with Crippen LogP contribution in [0.3, 0.4) is 0 Å². The molecule has 1 amide bonds. The fourth-order valence-electron chi connectivity index (χ4n) is 2.78. The van der Waals surface area contributed by atoms with E-state index in [1.807, 2.05) is 19.9 Å². The minimum absolute atomic E-state index is 0.136. The molecule has 7 heteroatoms. The summed E-state index contributed by atoms with van der Waals surface area (Å²) in [6.07, 6.45) is 1.70. The number of hydrogen-bond acceptors (Lipinski definition) is 4. The molecule has 0 spiro atoms. The second-order valence-electron chi connectivity index (χ2n) is 5.97. The van der Waals surface area contributed by atoms with E-state index in [0.717, 1.165) is 16.1 Å². The average molecular weight is 373 g/mol. The molecule has 2 heterocycles. The topological polar surface area (TPSA) is 56.1 Å². The van der Waals surface area contributed by atoms with Crippen molar-refractivity contribution >= 4 is 17.2 Å². The first-order valence-electron chi connectivity index (χ1n) is 8.18. The summed E-state index contributed by atoms with van der Waals surface area (Å²) in [5, 5.41) is 7.33. The second-order valence-corrected chi connectivity index (χ2v) is 7.14. The summed E-state index contributed by atoms with van der Waals surface area (Å²) < 4.78 is 20.2. The molecule has 136 valence electrons. The molecule has 0 aliphatic rings. The van der Waals surface area contributed by atoms with E-state index in [2.05, 4.69) is 10.4 Å². The molecular formula is C19H20FN3O2S. The van der Waals surface area contributed by atoms with Crippen molar-refractivity contribution in [3.8, 4) is 5.69 Å². The molecule has 0 bridgehead atoms. The third-order valence-electron chi connectivity index (χ3n) is 4.09. The van der Waals surface area contributed by atoms with Crippen LogP contribution in [0.25, 0.3) is 5.69 Å². The molecule has 5 nitrogen and oxygen atoms in total. The number of nitrogens with zero attached hydrogens (tertiary/aromatic N) is 2. The lowest BCUT2D eigenvalue weighted by Gasteiger charge is -2.13. The van der Waals surface area contributed by atoms with Crippen molar-refractivity contribution in [1.82, 2.24) is 15.1 Å². The van der Waals surface area contributed by atoms with Gasteiger partial charge in [0.25, 0.3) is 5.91 Å². The van der Waals surface area contributed by atoms with Gasteiger partial charge in [-0.25, -0.2) is 9.07 Å². The number of rotatable bonds is 6. The molecule has 3 rings (SSSR count). The summed E-state index contributed by atoms with van der Waals surface area (Å²) in [7, 11) is 1.63. The van der Waals surface area contributed by atoms with Crippen LogP contribution in [0.5, 0.6) is 0 Å². The third kappa shape index (κ3) is 3.84. The molecule has 3 aromatic rings. The van der Waals surface area contributed by atoms with Crippen LogP contribution in [0.4, 0.5) is 4.39 Å². The van der Waals surface area contributed by atoms with E-state index in [9.17, 15) is 9.18 Å². The van der Waals surface area contributed by atoms with Gasteiger partial charge in [0.15, 0.2) is 0 Å². The van der Waals surface area contributed by atoms with Gasteiger partial charge in [-0.05, 0) is 44.2 Å². The highest BCUT2D eigenvalue weighted by Crippen LogP contribution is 2.22. The number of nitrogens with one attached hydrogen (secondary N) is 1. The van der Waals surface area contributed by atoms with E-state index in [1.165, 1.54) is 23.5 Å². The van der Waals surface area contributed by atoms with E-state index in [-0.39, 0.29) is 17.8 Å². The standard InChI is InChI=1S/C19H20FN3O2S/c1-12(22-19(24)18-8-7-16(26-18)11-25-3)17-10-21-23(13(17)2)15-6-4-5-14(20)9-15/h4-10,12H,11H2,1-3H3,(H,22,24)/t12-/m1/s1. The predicted octanol–water partition coefficient (Wildman–Crippen LogP) is 4.02. The maximum atomic E-state index is 13.5. The third-order valence-corrected chi connectivity index (χ3v) is 5.14. The van der Waals surface area contributed by atoms with E-state index in [0.29, 0.717) is 17.2 Å². The number of amides is 1. The maximum Gasteiger partial charge on any atom is 0.261 e. The van der Waals surface area contributed by atoms with Gasteiger partial charge in [-0.15, -0.1) is 11.3 Å². The monoisotopic (exact) mass is 373 g/mol. The van der Waals surface area contributed by atoms with Crippen molar-refractivity contribution in [2.45, 2.75) is 26.5 Å². The van der Waals surface area contributed by atoms with Gasteiger partial charge in [-0.1, -0.05) is 6.07 Å². The fraction of sp³-hybridized carbons (Fsp3) is 0.263. The molecule has 26 heavy (non-hydrogen) atoms. The maximum absolute atomic E-state index is 13.5. The molecule has 0 saturated heterocycles. The zero-order valence-electron chi connectivity index (χ0n) is 14.8.